The summed E-state index contributed by atoms with van der Waals surface area (Å²) in [6.07, 6.45) is 3.67. The number of hydrogen-bond donors (Lipinski definition) is 2. The van der Waals surface area contributed by atoms with Gasteiger partial charge in [0.15, 0.2) is 0 Å². The van der Waals surface area contributed by atoms with E-state index in [-0.39, 0.29) is 18.4 Å². The second kappa shape index (κ2) is 10.5. The zero-order chi connectivity index (χ0) is 23.9. The third kappa shape index (κ3) is 5.50. The van der Waals surface area contributed by atoms with Crippen LogP contribution < -0.4 is 15.4 Å². The molecule has 1 aromatic heterocycles. The number of benzene rings is 3. The monoisotopic (exact) mass is 454 g/mol. The average Bonchev–Trinajstić information content (AvgIpc) is 3.36. The van der Waals surface area contributed by atoms with Crippen LogP contribution in [-0.4, -0.2) is 35.2 Å². The van der Waals surface area contributed by atoms with Gasteiger partial charge in [-0.1, -0.05) is 48.5 Å². The van der Waals surface area contributed by atoms with Crippen LogP contribution in [0.1, 0.15) is 21.5 Å². The summed E-state index contributed by atoms with van der Waals surface area (Å²) in [7, 11) is 1.54. The first-order chi connectivity index (χ1) is 16.5. The summed E-state index contributed by atoms with van der Waals surface area (Å²) in [4.78, 5) is 25.4. The Bertz CT molecular complexity index is 1280. The fraction of sp³-hybridized carbons (Fsp3) is 0.148. The van der Waals surface area contributed by atoms with E-state index < -0.39 is 0 Å². The number of amides is 2. The minimum Gasteiger partial charge on any atom is -0.495 e. The number of ether oxygens (including phenoxy) is 1. The molecule has 1 heterocycles. The molecule has 7 nitrogen and oxygen atoms in total. The number of methoxy groups -OCH3 is 1. The third-order valence-electron chi connectivity index (χ3n) is 5.38. The second-order valence-corrected chi connectivity index (χ2v) is 7.88. The third-order valence-corrected chi connectivity index (χ3v) is 5.38. The van der Waals surface area contributed by atoms with Crippen molar-refractivity contribution in [3.8, 4) is 16.9 Å². The largest absolute Gasteiger partial charge is 0.495 e. The Labute approximate surface area is 198 Å². The van der Waals surface area contributed by atoms with E-state index in [1.165, 1.54) is 0 Å². The van der Waals surface area contributed by atoms with Crippen molar-refractivity contribution in [2.45, 2.75) is 13.5 Å². The fourth-order valence-electron chi connectivity index (χ4n) is 3.67. The van der Waals surface area contributed by atoms with E-state index in [0.717, 1.165) is 22.3 Å². The van der Waals surface area contributed by atoms with Gasteiger partial charge >= 0.3 is 0 Å². The van der Waals surface area contributed by atoms with Crippen molar-refractivity contribution < 1.29 is 14.3 Å². The van der Waals surface area contributed by atoms with E-state index in [4.69, 9.17) is 4.74 Å². The number of anilines is 1. The molecule has 0 atom stereocenters. The molecule has 0 bridgehead atoms. The van der Waals surface area contributed by atoms with Crippen LogP contribution in [0.25, 0.3) is 11.1 Å². The zero-order valence-electron chi connectivity index (χ0n) is 19.1. The SMILES string of the molecule is COc1ccc(C)cc1NC(=O)CNC(=O)c1ccccc1-c1ccc(Cn2cccn2)cc1. The summed E-state index contributed by atoms with van der Waals surface area (Å²) < 4.78 is 7.15. The Morgan fingerprint density at radius 1 is 1.00 bits per heavy atom. The Hall–Kier alpha value is -4.39. The maximum Gasteiger partial charge on any atom is 0.252 e. The molecule has 3 aromatic carbocycles. The molecule has 2 N–H and O–H groups in total. The number of aryl methyl sites for hydroxylation is 1. The van der Waals surface area contributed by atoms with Crippen LogP contribution in [0.15, 0.2) is 85.2 Å². The molecule has 0 radical (unpaired) electrons. The first-order valence-electron chi connectivity index (χ1n) is 10.9. The summed E-state index contributed by atoms with van der Waals surface area (Å²) in [5, 5.41) is 9.74. The molecule has 0 aliphatic carbocycles. The summed E-state index contributed by atoms with van der Waals surface area (Å²) in [6, 6.07) is 22.8. The highest BCUT2D eigenvalue weighted by Crippen LogP contribution is 2.26. The Kier molecular flexibility index (Phi) is 7.03. The van der Waals surface area contributed by atoms with Crippen LogP contribution in [0.4, 0.5) is 5.69 Å². The summed E-state index contributed by atoms with van der Waals surface area (Å²) in [5.74, 6) is -0.0908. The molecule has 0 unspecified atom stereocenters. The number of carbonyl (C=O) groups excluding carboxylic acids is 2. The van der Waals surface area contributed by atoms with E-state index in [0.29, 0.717) is 23.5 Å². The lowest BCUT2D eigenvalue weighted by molar-refractivity contribution is -0.115. The number of carbonyl (C=O) groups is 2. The maximum absolute atomic E-state index is 12.9. The summed E-state index contributed by atoms with van der Waals surface area (Å²) in [6.45, 7) is 2.45. The lowest BCUT2D eigenvalue weighted by Crippen LogP contribution is -2.33. The Morgan fingerprint density at radius 2 is 1.79 bits per heavy atom. The normalized spacial score (nSPS) is 10.5. The Morgan fingerprint density at radius 3 is 2.53 bits per heavy atom. The standard InChI is InChI=1S/C27H26N4O3/c1-19-8-13-25(34-2)24(16-19)30-26(32)17-28-27(33)23-7-4-3-6-22(23)21-11-9-20(10-12-21)18-31-15-5-14-29-31/h3-16H,17-18H2,1-2H3,(H,28,33)(H,30,32). The van der Waals surface area contributed by atoms with Gasteiger partial charge in [-0.25, -0.2) is 0 Å². The molecule has 0 fully saturated rings. The number of rotatable bonds is 8. The lowest BCUT2D eigenvalue weighted by atomic mass is 9.98. The van der Waals surface area contributed by atoms with Gasteiger partial charge in [-0.15, -0.1) is 0 Å². The van der Waals surface area contributed by atoms with Gasteiger partial charge in [-0.2, -0.15) is 5.10 Å². The fourth-order valence-corrected chi connectivity index (χ4v) is 3.67. The minimum atomic E-state index is -0.335. The lowest BCUT2D eigenvalue weighted by Gasteiger charge is -2.13. The molecule has 0 aliphatic rings. The molecule has 0 spiro atoms. The highest BCUT2D eigenvalue weighted by atomic mass is 16.5. The van der Waals surface area contributed by atoms with Crippen LogP contribution in [-0.2, 0) is 11.3 Å². The second-order valence-electron chi connectivity index (χ2n) is 7.88. The molecule has 2 amide bonds. The molecule has 34 heavy (non-hydrogen) atoms. The van der Waals surface area contributed by atoms with Gasteiger partial charge < -0.3 is 15.4 Å². The number of nitrogens with one attached hydrogen (secondary N) is 2. The van der Waals surface area contributed by atoms with E-state index in [1.807, 2.05) is 78.5 Å². The van der Waals surface area contributed by atoms with Crippen molar-refractivity contribution in [3.63, 3.8) is 0 Å². The molecule has 7 heteroatoms. The van der Waals surface area contributed by atoms with Crippen molar-refractivity contribution >= 4 is 17.5 Å². The molecule has 0 aliphatic heterocycles. The van der Waals surface area contributed by atoms with Crippen LogP contribution in [0.3, 0.4) is 0 Å². The molecular formula is C27H26N4O3. The van der Waals surface area contributed by atoms with E-state index in [2.05, 4.69) is 15.7 Å². The topological polar surface area (TPSA) is 85.3 Å². The Balaban J connectivity index is 1.42. The van der Waals surface area contributed by atoms with E-state index in [9.17, 15) is 9.59 Å². The predicted octanol–water partition coefficient (Wildman–Crippen LogP) is 4.28. The first-order valence-corrected chi connectivity index (χ1v) is 10.9. The maximum atomic E-state index is 12.9. The smallest absolute Gasteiger partial charge is 0.252 e. The molecule has 172 valence electrons. The van der Waals surface area contributed by atoms with Crippen LogP contribution >= 0.6 is 0 Å². The summed E-state index contributed by atoms with van der Waals surface area (Å²) in [5.41, 5.74) is 4.89. The summed E-state index contributed by atoms with van der Waals surface area (Å²) >= 11 is 0. The highest BCUT2D eigenvalue weighted by molar-refractivity contribution is 6.03. The van der Waals surface area contributed by atoms with Gasteiger partial charge in [0.05, 0.1) is 25.9 Å². The minimum absolute atomic E-state index is 0.160. The van der Waals surface area contributed by atoms with Crippen molar-refractivity contribution in [1.82, 2.24) is 15.1 Å². The van der Waals surface area contributed by atoms with Gasteiger partial charge in [0.1, 0.15) is 5.75 Å². The average molecular weight is 455 g/mol. The van der Waals surface area contributed by atoms with Gasteiger partial charge in [0.2, 0.25) is 5.91 Å². The molecular weight excluding hydrogens is 428 g/mol. The van der Waals surface area contributed by atoms with Crippen molar-refractivity contribution in [1.29, 1.82) is 0 Å². The van der Waals surface area contributed by atoms with Crippen molar-refractivity contribution in [3.05, 3.63) is 102 Å². The van der Waals surface area contributed by atoms with Crippen LogP contribution in [0.2, 0.25) is 0 Å². The number of aromatic nitrogens is 2. The van der Waals surface area contributed by atoms with Gasteiger partial charge in [0.25, 0.3) is 5.91 Å². The van der Waals surface area contributed by atoms with E-state index >= 15 is 0 Å². The van der Waals surface area contributed by atoms with Crippen molar-refractivity contribution in [2.24, 2.45) is 0 Å². The van der Waals surface area contributed by atoms with Gasteiger partial charge in [-0.05, 0) is 53.4 Å². The number of hydrogen-bond acceptors (Lipinski definition) is 4. The van der Waals surface area contributed by atoms with Gasteiger partial charge in [-0.3, -0.25) is 14.3 Å². The van der Waals surface area contributed by atoms with Crippen LogP contribution in [0.5, 0.6) is 5.75 Å². The van der Waals surface area contributed by atoms with Crippen molar-refractivity contribution in [2.75, 3.05) is 19.0 Å². The molecule has 4 rings (SSSR count). The van der Waals surface area contributed by atoms with Crippen LogP contribution in [0, 0.1) is 6.92 Å². The van der Waals surface area contributed by atoms with E-state index in [1.54, 1.807) is 25.4 Å². The molecule has 0 saturated heterocycles. The quantitative estimate of drug-likeness (QED) is 0.416. The number of nitrogens with zero attached hydrogens (tertiary/aromatic N) is 2. The zero-order valence-corrected chi connectivity index (χ0v) is 19.1. The molecule has 0 saturated carbocycles. The van der Waals surface area contributed by atoms with Gasteiger partial charge in [0, 0.05) is 18.0 Å². The predicted molar refractivity (Wildman–Crippen MR) is 132 cm³/mol. The highest BCUT2D eigenvalue weighted by Gasteiger charge is 2.14. The first kappa shape index (κ1) is 22.8. The molecule has 4 aromatic rings.